The summed E-state index contributed by atoms with van der Waals surface area (Å²) in [6.45, 7) is 0. The Labute approximate surface area is 118 Å². The van der Waals surface area contributed by atoms with Crippen molar-refractivity contribution in [2.24, 2.45) is 7.05 Å². The van der Waals surface area contributed by atoms with E-state index < -0.39 is 6.10 Å². The molecule has 0 saturated carbocycles. The third-order valence-electron chi connectivity index (χ3n) is 3.35. The van der Waals surface area contributed by atoms with Crippen LogP contribution >= 0.6 is 0 Å². The SMILES string of the molecule is COc1ccc(C(O)CCc2nccn2C)cc1OC. The number of aliphatic hydroxyl groups is 1. The molecule has 1 aromatic heterocycles. The number of imidazole rings is 1. The van der Waals surface area contributed by atoms with Crippen molar-refractivity contribution in [3.05, 3.63) is 42.0 Å². The predicted molar refractivity (Wildman–Crippen MR) is 76.0 cm³/mol. The number of benzene rings is 1. The van der Waals surface area contributed by atoms with Gasteiger partial charge in [0.2, 0.25) is 0 Å². The van der Waals surface area contributed by atoms with E-state index in [-0.39, 0.29) is 0 Å². The van der Waals surface area contributed by atoms with Crippen molar-refractivity contribution in [1.82, 2.24) is 9.55 Å². The van der Waals surface area contributed by atoms with E-state index in [0.717, 1.165) is 17.8 Å². The van der Waals surface area contributed by atoms with E-state index in [2.05, 4.69) is 4.98 Å². The molecule has 0 radical (unpaired) electrons. The summed E-state index contributed by atoms with van der Waals surface area (Å²) >= 11 is 0. The Morgan fingerprint density at radius 2 is 2.00 bits per heavy atom. The summed E-state index contributed by atoms with van der Waals surface area (Å²) in [6.07, 6.45) is 4.45. The molecule has 0 saturated heterocycles. The van der Waals surface area contributed by atoms with Gasteiger partial charge in [-0.15, -0.1) is 0 Å². The Morgan fingerprint density at radius 3 is 2.60 bits per heavy atom. The first-order valence-electron chi connectivity index (χ1n) is 6.52. The highest BCUT2D eigenvalue weighted by Gasteiger charge is 2.12. The van der Waals surface area contributed by atoms with Crippen molar-refractivity contribution < 1.29 is 14.6 Å². The number of aromatic nitrogens is 2. The third-order valence-corrected chi connectivity index (χ3v) is 3.35. The molecular weight excluding hydrogens is 256 g/mol. The van der Waals surface area contributed by atoms with Crippen molar-refractivity contribution >= 4 is 0 Å². The fourth-order valence-electron chi connectivity index (χ4n) is 2.13. The van der Waals surface area contributed by atoms with E-state index in [1.54, 1.807) is 26.5 Å². The molecule has 0 aliphatic carbocycles. The standard InChI is InChI=1S/C15H20N2O3/c1-17-9-8-16-15(17)7-5-12(18)11-4-6-13(19-2)14(10-11)20-3/h4,6,8-10,12,18H,5,7H2,1-3H3. The van der Waals surface area contributed by atoms with Crippen molar-refractivity contribution in [1.29, 1.82) is 0 Å². The molecule has 1 aromatic carbocycles. The maximum atomic E-state index is 10.3. The van der Waals surface area contributed by atoms with E-state index in [9.17, 15) is 5.11 Å². The molecule has 108 valence electrons. The Balaban J connectivity index is 2.05. The van der Waals surface area contributed by atoms with Crippen molar-refractivity contribution in [2.75, 3.05) is 14.2 Å². The van der Waals surface area contributed by atoms with Crippen LogP contribution in [0.4, 0.5) is 0 Å². The highest BCUT2D eigenvalue weighted by molar-refractivity contribution is 5.43. The summed E-state index contributed by atoms with van der Waals surface area (Å²) < 4.78 is 12.4. The second kappa shape index (κ2) is 6.43. The number of ether oxygens (including phenoxy) is 2. The van der Waals surface area contributed by atoms with E-state index in [1.165, 1.54) is 0 Å². The molecule has 1 atom stereocenters. The molecule has 5 nitrogen and oxygen atoms in total. The van der Waals surface area contributed by atoms with E-state index in [1.807, 2.05) is 29.9 Å². The van der Waals surface area contributed by atoms with Gasteiger partial charge in [0.1, 0.15) is 5.82 Å². The Bertz CT molecular complexity index is 566. The average molecular weight is 276 g/mol. The van der Waals surface area contributed by atoms with Gasteiger partial charge in [0, 0.05) is 25.9 Å². The fraction of sp³-hybridized carbons (Fsp3) is 0.400. The highest BCUT2D eigenvalue weighted by atomic mass is 16.5. The summed E-state index contributed by atoms with van der Waals surface area (Å²) in [7, 11) is 5.13. The number of hydrogen-bond acceptors (Lipinski definition) is 4. The average Bonchev–Trinajstić information content (AvgIpc) is 2.89. The number of nitrogens with zero attached hydrogens (tertiary/aromatic N) is 2. The minimum Gasteiger partial charge on any atom is -0.493 e. The van der Waals surface area contributed by atoms with Gasteiger partial charge in [0.25, 0.3) is 0 Å². The van der Waals surface area contributed by atoms with Crippen LogP contribution in [0, 0.1) is 0 Å². The molecule has 20 heavy (non-hydrogen) atoms. The summed E-state index contributed by atoms with van der Waals surface area (Å²) in [5.74, 6) is 2.25. The smallest absolute Gasteiger partial charge is 0.161 e. The first-order valence-corrected chi connectivity index (χ1v) is 6.52. The molecule has 1 unspecified atom stereocenters. The van der Waals surface area contributed by atoms with Gasteiger partial charge in [-0.1, -0.05) is 6.07 Å². The van der Waals surface area contributed by atoms with Crippen LogP contribution in [-0.2, 0) is 13.5 Å². The minimum atomic E-state index is -0.550. The maximum absolute atomic E-state index is 10.3. The summed E-state index contributed by atoms with van der Waals surface area (Å²) in [5, 5.41) is 10.3. The number of methoxy groups -OCH3 is 2. The van der Waals surface area contributed by atoms with Crippen molar-refractivity contribution in [3.63, 3.8) is 0 Å². The molecule has 2 rings (SSSR count). The molecule has 5 heteroatoms. The van der Waals surface area contributed by atoms with Crippen molar-refractivity contribution in [3.8, 4) is 11.5 Å². The van der Waals surface area contributed by atoms with Gasteiger partial charge < -0.3 is 19.1 Å². The van der Waals surface area contributed by atoms with Crippen LogP contribution < -0.4 is 9.47 Å². The first kappa shape index (κ1) is 14.4. The van der Waals surface area contributed by atoms with Crippen LogP contribution in [0.1, 0.15) is 23.9 Å². The zero-order valence-electron chi connectivity index (χ0n) is 12.0. The van der Waals surface area contributed by atoms with E-state index in [0.29, 0.717) is 17.9 Å². The molecule has 0 spiro atoms. The van der Waals surface area contributed by atoms with Gasteiger partial charge in [-0.2, -0.15) is 0 Å². The normalized spacial score (nSPS) is 12.2. The van der Waals surface area contributed by atoms with Crippen LogP contribution in [0.25, 0.3) is 0 Å². The van der Waals surface area contributed by atoms with Gasteiger partial charge >= 0.3 is 0 Å². The topological polar surface area (TPSA) is 56.5 Å². The zero-order chi connectivity index (χ0) is 14.5. The van der Waals surface area contributed by atoms with Crippen LogP contribution in [-0.4, -0.2) is 28.9 Å². The lowest BCUT2D eigenvalue weighted by atomic mass is 10.0. The van der Waals surface area contributed by atoms with E-state index in [4.69, 9.17) is 9.47 Å². The van der Waals surface area contributed by atoms with Gasteiger partial charge in [-0.3, -0.25) is 0 Å². The molecule has 0 aliphatic rings. The molecule has 1 N–H and O–H groups in total. The minimum absolute atomic E-state index is 0.550. The number of rotatable bonds is 6. The van der Waals surface area contributed by atoms with Crippen LogP contribution in [0.15, 0.2) is 30.6 Å². The molecule has 0 aliphatic heterocycles. The van der Waals surface area contributed by atoms with E-state index >= 15 is 0 Å². The fourth-order valence-corrected chi connectivity index (χ4v) is 2.13. The summed E-state index contributed by atoms with van der Waals surface area (Å²) in [4.78, 5) is 4.25. The van der Waals surface area contributed by atoms with Crippen LogP contribution in [0.2, 0.25) is 0 Å². The predicted octanol–water partition coefficient (Wildman–Crippen LogP) is 2.10. The number of aryl methyl sites for hydroxylation is 2. The molecule has 2 aromatic rings. The Morgan fingerprint density at radius 1 is 1.25 bits per heavy atom. The van der Waals surface area contributed by atoms with Gasteiger partial charge in [0.05, 0.1) is 20.3 Å². The molecule has 0 fully saturated rings. The largest absolute Gasteiger partial charge is 0.493 e. The molecule has 0 bridgehead atoms. The summed E-state index contributed by atoms with van der Waals surface area (Å²) in [6, 6.07) is 5.46. The van der Waals surface area contributed by atoms with Gasteiger partial charge in [-0.05, 0) is 24.1 Å². The van der Waals surface area contributed by atoms with Crippen LogP contribution in [0.3, 0.4) is 0 Å². The molecule has 1 heterocycles. The lowest BCUT2D eigenvalue weighted by Gasteiger charge is -2.14. The van der Waals surface area contributed by atoms with Crippen molar-refractivity contribution in [2.45, 2.75) is 18.9 Å². The molecular formula is C15H20N2O3. The summed E-state index contributed by atoms with van der Waals surface area (Å²) in [5.41, 5.74) is 0.817. The van der Waals surface area contributed by atoms with Crippen LogP contribution in [0.5, 0.6) is 11.5 Å². The second-order valence-electron chi connectivity index (χ2n) is 4.62. The zero-order valence-corrected chi connectivity index (χ0v) is 12.0. The lowest BCUT2D eigenvalue weighted by molar-refractivity contribution is 0.166. The quantitative estimate of drug-likeness (QED) is 0.878. The third kappa shape index (κ3) is 3.11. The first-order chi connectivity index (χ1) is 9.65. The van der Waals surface area contributed by atoms with Gasteiger partial charge in [0.15, 0.2) is 11.5 Å². The lowest BCUT2D eigenvalue weighted by Crippen LogP contribution is -2.04. The Kier molecular flexibility index (Phi) is 4.63. The monoisotopic (exact) mass is 276 g/mol. The Hall–Kier alpha value is -2.01. The van der Waals surface area contributed by atoms with Gasteiger partial charge in [-0.25, -0.2) is 4.98 Å². The molecule has 0 amide bonds. The maximum Gasteiger partial charge on any atom is 0.161 e. The second-order valence-corrected chi connectivity index (χ2v) is 4.62. The highest BCUT2D eigenvalue weighted by Crippen LogP contribution is 2.31. The number of aliphatic hydroxyl groups excluding tert-OH is 1. The number of hydrogen-bond donors (Lipinski definition) is 1.